The number of rotatable bonds is 12. The Labute approximate surface area is 221 Å². The normalized spacial score (nSPS) is 17.6. The minimum absolute atomic E-state index is 0.0306. The Kier molecular flexibility index (Phi) is 9.83. The van der Waals surface area contributed by atoms with Crippen LogP contribution in [0.3, 0.4) is 0 Å². The molecule has 0 bridgehead atoms. The van der Waals surface area contributed by atoms with Crippen molar-refractivity contribution in [2.24, 2.45) is 11.7 Å². The predicted octanol–water partition coefficient (Wildman–Crippen LogP) is 0.319. The highest BCUT2D eigenvalue weighted by molar-refractivity contribution is 5.94. The topological polar surface area (TPSA) is 191 Å². The highest BCUT2D eigenvalue weighted by Crippen LogP contribution is 2.21. The monoisotopic (exact) mass is 528 g/mol. The lowest BCUT2D eigenvalue weighted by atomic mass is 10.00. The van der Waals surface area contributed by atoms with Gasteiger partial charge in [-0.15, -0.1) is 0 Å². The van der Waals surface area contributed by atoms with Crippen LogP contribution in [-0.2, 0) is 32.0 Å². The number of aliphatic carboxylic acids is 1. The zero-order chi connectivity index (χ0) is 27.8. The number of carboxylic acid groups (broad SMARTS) is 1. The van der Waals surface area contributed by atoms with E-state index in [0.717, 1.165) is 0 Å². The quantitative estimate of drug-likeness (QED) is 0.227. The molecule has 12 nitrogen and oxygen atoms in total. The van der Waals surface area contributed by atoms with E-state index in [2.05, 4.69) is 20.6 Å². The Morgan fingerprint density at radius 2 is 1.79 bits per heavy atom. The molecular formula is C26H36N6O6. The van der Waals surface area contributed by atoms with E-state index in [1.54, 1.807) is 18.3 Å². The van der Waals surface area contributed by atoms with Crippen LogP contribution in [0.15, 0.2) is 36.8 Å². The first kappa shape index (κ1) is 28.6. The molecule has 2 aromatic rings. The molecule has 1 aliphatic heterocycles. The Morgan fingerprint density at radius 3 is 2.39 bits per heavy atom. The summed E-state index contributed by atoms with van der Waals surface area (Å²) in [5.41, 5.74) is 7.40. The number of aromatic amines is 1. The lowest BCUT2D eigenvalue weighted by molar-refractivity contribution is -0.149. The van der Waals surface area contributed by atoms with E-state index in [-0.39, 0.29) is 24.5 Å². The smallest absolute Gasteiger partial charge is 0.326 e. The van der Waals surface area contributed by atoms with E-state index in [9.17, 15) is 29.4 Å². The number of hydrogen-bond donors (Lipinski definition) is 6. The molecule has 1 aromatic heterocycles. The molecule has 7 N–H and O–H groups in total. The largest absolute Gasteiger partial charge is 0.508 e. The van der Waals surface area contributed by atoms with Gasteiger partial charge in [0.1, 0.15) is 23.9 Å². The van der Waals surface area contributed by atoms with Crippen molar-refractivity contribution >= 4 is 23.7 Å². The Balaban J connectivity index is 1.78. The third-order valence-electron chi connectivity index (χ3n) is 6.48. The van der Waals surface area contributed by atoms with Gasteiger partial charge < -0.3 is 36.5 Å². The van der Waals surface area contributed by atoms with Crippen LogP contribution in [-0.4, -0.2) is 79.5 Å². The molecule has 0 saturated carbocycles. The second-order valence-electron chi connectivity index (χ2n) is 10.0. The lowest BCUT2D eigenvalue weighted by Crippen LogP contribution is -2.58. The summed E-state index contributed by atoms with van der Waals surface area (Å²) in [6.07, 6.45) is 4.52. The third kappa shape index (κ3) is 7.78. The maximum Gasteiger partial charge on any atom is 0.326 e. The average Bonchev–Trinajstić information content (AvgIpc) is 3.56. The maximum absolute atomic E-state index is 13.5. The molecule has 0 radical (unpaired) electrons. The molecular weight excluding hydrogens is 492 g/mol. The minimum atomic E-state index is -1.07. The van der Waals surface area contributed by atoms with Crippen LogP contribution in [0.2, 0.25) is 0 Å². The van der Waals surface area contributed by atoms with Crippen molar-refractivity contribution in [2.75, 3.05) is 6.54 Å². The first-order valence-corrected chi connectivity index (χ1v) is 12.7. The Hall–Kier alpha value is -3.93. The van der Waals surface area contributed by atoms with E-state index < -0.39 is 47.9 Å². The molecule has 3 amide bonds. The number of hydrogen-bond acceptors (Lipinski definition) is 7. The number of nitrogens with two attached hydrogens (primary N) is 1. The SMILES string of the molecule is CC(C)CC(NC(=O)C(Cc1ccc(O)cc1)NC(=O)C(N)Cc1cnc[nH]1)C(=O)N1CCCC1C(=O)O. The van der Waals surface area contributed by atoms with Crippen LogP contribution >= 0.6 is 0 Å². The first-order chi connectivity index (χ1) is 18.0. The summed E-state index contributed by atoms with van der Waals surface area (Å²) < 4.78 is 0. The molecule has 4 unspecified atom stereocenters. The van der Waals surface area contributed by atoms with Gasteiger partial charge in [0.15, 0.2) is 0 Å². The van der Waals surface area contributed by atoms with E-state index in [1.807, 2.05) is 13.8 Å². The highest BCUT2D eigenvalue weighted by Gasteiger charge is 2.38. The van der Waals surface area contributed by atoms with Crippen LogP contribution < -0.4 is 16.4 Å². The number of carbonyl (C=O) groups is 4. The summed E-state index contributed by atoms with van der Waals surface area (Å²) in [6, 6.07) is 2.29. The van der Waals surface area contributed by atoms with Gasteiger partial charge in [-0.05, 0) is 42.9 Å². The number of H-pyrrole nitrogens is 1. The number of nitrogens with zero attached hydrogens (tertiary/aromatic N) is 2. The fourth-order valence-electron chi connectivity index (χ4n) is 4.53. The van der Waals surface area contributed by atoms with Gasteiger partial charge in [-0.25, -0.2) is 9.78 Å². The third-order valence-corrected chi connectivity index (χ3v) is 6.48. The highest BCUT2D eigenvalue weighted by atomic mass is 16.4. The van der Waals surface area contributed by atoms with Crippen LogP contribution in [0.5, 0.6) is 5.75 Å². The van der Waals surface area contributed by atoms with Crippen molar-refractivity contribution < 1.29 is 29.4 Å². The first-order valence-electron chi connectivity index (χ1n) is 12.7. The zero-order valence-corrected chi connectivity index (χ0v) is 21.6. The number of amides is 3. The van der Waals surface area contributed by atoms with Gasteiger partial charge in [0, 0.05) is 31.3 Å². The predicted molar refractivity (Wildman–Crippen MR) is 138 cm³/mol. The minimum Gasteiger partial charge on any atom is -0.508 e. The van der Waals surface area contributed by atoms with E-state index in [4.69, 9.17) is 5.73 Å². The van der Waals surface area contributed by atoms with Crippen molar-refractivity contribution in [2.45, 2.75) is 70.1 Å². The van der Waals surface area contributed by atoms with E-state index >= 15 is 0 Å². The van der Waals surface area contributed by atoms with Crippen LogP contribution in [0.4, 0.5) is 0 Å². The average molecular weight is 529 g/mol. The number of likely N-dealkylation sites (tertiary alicyclic amines) is 1. The summed E-state index contributed by atoms with van der Waals surface area (Å²) in [7, 11) is 0. The molecule has 4 atom stereocenters. The summed E-state index contributed by atoms with van der Waals surface area (Å²) >= 11 is 0. The van der Waals surface area contributed by atoms with Gasteiger partial charge in [-0.1, -0.05) is 26.0 Å². The number of carboxylic acids is 1. The number of nitrogens with one attached hydrogen (secondary N) is 3. The molecule has 12 heteroatoms. The van der Waals surface area contributed by atoms with Gasteiger partial charge in [-0.3, -0.25) is 14.4 Å². The van der Waals surface area contributed by atoms with Crippen molar-refractivity contribution in [3.8, 4) is 5.75 Å². The molecule has 2 heterocycles. The van der Waals surface area contributed by atoms with Crippen LogP contribution in [0.1, 0.15) is 44.4 Å². The number of carbonyl (C=O) groups excluding carboxylic acids is 3. The maximum atomic E-state index is 13.5. The fourth-order valence-corrected chi connectivity index (χ4v) is 4.53. The fraction of sp³-hybridized carbons (Fsp3) is 0.500. The second-order valence-corrected chi connectivity index (χ2v) is 10.0. The van der Waals surface area contributed by atoms with Gasteiger partial charge in [0.05, 0.1) is 12.4 Å². The second kappa shape index (κ2) is 13.0. The number of phenols is 1. The van der Waals surface area contributed by atoms with Crippen molar-refractivity contribution in [3.63, 3.8) is 0 Å². The van der Waals surface area contributed by atoms with Gasteiger partial charge in [0.2, 0.25) is 17.7 Å². The lowest BCUT2D eigenvalue weighted by Gasteiger charge is -2.30. The molecule has 0 spiro atoms. The molecule has 0 aliphatic carbocycles. The van der Waals surface area contributed by atoms with Gasteiger partial charge >= 0.3 is 5.97 Å². The van der Waals surface area contributed by atoms with Crippen molar-refractivity contribution in [1.29, 1.82) is 0 Å². The molecule has 1 aliphatic rings. The Bertz CT molecular complexity index is 1100. The number of aromatic nitrogens is 2. The number of aromatic hydroxyl groups is 1. The Morgan fingerprint density at radius 1 is 1.11 bits per heavy atom. The zero-order valence-electron chi connectivity index (χ0n) is 21.6. The van der Waals surface area contributed by atoms with Gasteiger partial charge in [0.25, 0.3) is 0 Å². The molecule has 3 rings (SSSR count). The summed E-state index contributed by atoms with van der Waals surface area (Å²) in [4.78, 5) is 59.5. The van der Waals surface area contributed by atoms with Crippen LogP contribution in [0, 0.1) is 5.92 Å². The standard InChI is InChI=1S/C26H36N6O6/c1-15(2)10-21(25(36)32-9-3-4-22(32)26(37)38)31-24(35)20(11-16-5-7-18(33)8-6-16)30-23(34)19(27)12-17-13-28-14-29-17/h5-8,13-15,19-22,33H,3-4,9-12,27H2,1-2H3,(H,28,29)(H,30,34)(H,31,35)(H,37,38). The van der Waals surface area contributed by atoms with Crippen molar-refractivity contribution in [3.05, 3.63) is 48.0 Å². The number of phenolic OH excluding ortho intramolecular Hbond substituents is 1. The molecule has 1 fully saturated rings. The van der Waals surface area contributed by atoms with Crippen molar-refractivity contribution in [1.82, 2.24) is 25.5 Å². The number of benzene rings is 1. The molecule has 206 valence electrons. The molecule has 38 heavy (non-hydrogen) atoms. The van der Waals surface area contributed by atoms with E-state index in [0.29, 0.717) is 37.1 Å². The van der Waals surface area contributed by atoms with E-state index in [1.165, 1.54) is 23.4 Å². The van der Waals surface area contributed by atoms with Gasteiger partial charge in [-0.2, -0.15) is 0 Å². The number of imidazole rings is 1. The summed E-state index contributed by atoms with van der Waals surface area (Å²) in [5, 5.41) is 24.6. The summed E-state index contributed by atoms with van der Waals surface area (Å²) in [5.74, 6) is -2.59. The van der Waals surface area contributed by atoms with Crippen LogP contribution in [0.25, 0.3) is 0 Å². The molecule has 1 saturated heterocycles. The molecule has 1 aromatic carbocycles. The summed E-state index contributed by atoms with van der Waals surface area (Å²) in [6.45, 7) is 4.10.